The Bertz CT molecular complexity index is 857. The molecule has 0 aromatic heterocycles. The summed E-state index contributed by atoms with van der Waals surface area (Å²) in [6, 6.07) is 12.9. The van der Waals surface area contributed by atoms with Gasteiger partial charge in [-0.2, -0.15) is 0 Å². The van der Waals surface area contributed by atoms with Crippen molar-refractivity contribution in [2.75, 3.05) is 6.54 Å². The molecular formula is C20H19NO4. The molecule has 5 nitrogen and oxygen atoms in total. The fourth-order valence-corrected chi connectivity index (χ4v) is 2.85. The number of amides is 2. The van der Waals surface area contributed by atoms with Crippen LogP contribution in [0.15, 0.2) is 42.5 Å². The summed E-state index contributed by atoms with van der Waals surface area (Å²) in [5.74, 6) is -1.43. The minimum atomic E-state index is -0.595. The number of benzene rings is 2. The third kappa shape index (κ3) is 3.60. The van der Waals surface area contributed by atoms with Gasteiger partial charge in [0.1, 0.15) is 13.2 Å². The first-order chi connectivity index (χ1) is 12.0. The van der Waals surface area contributed by atoms with Crippen LogP contribution < -0.4 is 0 Å². The van der Waals surface area contributed by atoms with E-state index in [1.54, 1.807) is 24.3 Å². The Kier molecular flexibility index (Phi) is 4.65. The molecule has 0 saturated heterocycles. The quantitative estimate of drug-likeness (QED) is 0.635. The zero-order chi connectivity index (χ0) is 18.0. The molecule has 2 amide bonds. The molecule has 1 aliphatic heterocycles. The van der Waals surface area contributed by atoms with Crippen molar-refractivity contribution in [1.82, 2.24) is 4.90 Å². The highest BCUT2D eigenvalue weighted by Gasteiger charge is 2.32. The van der Waals surface area contributed by atoms with Gasteiger partial charge in [0, 0.05) is 5.56 Å². The average molecular weight is 337 g/mol. The number of rotatable bonds is 4. The van der Waals surface area contributed by atoms with Crippen LogP contribution in [0.1, 0.15) is 32.6 Å². The number of nitrogens with zero attached hydrogens (tertiary/aromatic N) is 1. The van der Waals surface area contributed by atoms with E-state index in [0.717, 1.165) is 21.6 Å². The first kappa shape index (κ1) is 16.9. The third-order valence-corrected chi connectivity index (χ3v) is 4.32. The molecule has 3 rings (SSSR count). The average Bonchev–Trinajstić information content (AvgIpc) is 2.59. The number of esters is 1. The molecule has 128 valence electrons. The van der Waals surface area contributed by atoms with Gasteiger partial charge in [-0.1, -0.05) is 42.0 Å². The fraction of sp³-hybridized carbons (Fsp3) is 0.250. The second kappa shape index (κ2) is 6.89. The summed E-state index contributed by atoms with van der Waals surface area (Å²) >= 11 is 0. The molecule has 0 bridgehead atoms. The van der Waals surface area contributed by atoms with E-state index in [1.807, 2.05) is 32.0 Å². The zero-order valence-corrected chi connectivity index (χ0v) is 14.2. The molecule has 0 aliphatic carbocycles. The minimum Gasteiger partial charge on any atom is -0.459 e. The lowest BCUT2D eigenvalue weighted by Gasteiger charge is -2.25. The van der Waals surface area contributed by atoms with Crippen molar-refractivity contribution in [2.24, 2.45) is 0 Å². The molecule has 2 aromatic rings. The molecule has 0 fully saturated rings. The second-order valence-electron chi connectivity index (χ2n) is 6.21. The number of carbonyl (C=O) groups excluding carboxylic acids is 3. The molecule has 0 unspecified atom stereocenters. The summed E-state index contributed by atoms with van der Waals surface area (Å²) in [7, 11) is 0. The first-order valence-electron chi connectivity index (χ1n) is 8.10. The number of hydrogen-bond donors (Lipinski definition) is 0. The van der Waals surface area contributed by atoms with E-state index < -0.39 is 11.9 Å². The maximum absolute atomic E-state index is 12.4. The summed E-state index contributed by atoms with van der Waals surface area (Å²) in [6.45, 7) is 3.67. The van der Waals surface area contributed by atoms with Crippen molar-refractivity contribution in [1.29, 1.82) is 0 Å². The van der Waals surface area contributed by atoms with Crippen LogP contribution in [0.3, 0.4) is 0 Å². The molecule has 0 radical (unpaired) electrons. The van der Waals surface area contributed by atoms with E-state index in [0.29, 0.717) is 11.1 Å². The van der Waals surface area contributed by atoms with Crippen LogP contribution in [0.4, 0.5) is 0 Å². The molecule has 1 aliphatic rings. The van der Waals surface area contributed by atoms with Gasteiger partial charge >= 0.3 is 5.97 Å². The lowest BCUT2D eigenvalue weighted by atomic mass is 9.98. The Hall–Kier alpha value is -2.95. The van der Waals surface area contributed by atoms with Gasteiger partial charge in [0.15, 0.2) is 0 Å². The number of ether oxygens (including phenoxy) is 1. The smallest absolute Gasteiger partial charge is 0.326 e. The van der Waals surface area contributed by atoms with E-state index in [4.69, 9.17) is 4.74 Å². The summed E-state index contributed by atoms with van der Waals surface area (Å²) in [4.78, 5) is 37.7. The predicted octanol–water partition coefficient (Wildman–Crippen LogP) is 2.57. The molecular weight excluding hydrogens is 318 g/mol. The Labute approximate surface area is 146 Å². The van der Waals surface area contributed by atoms with Crippen LogP contribution >= 0.6 is 0 Å². The molecule has 0 N–H and O–H groups in total. The molecule has 5 heteroatoms. The molecule has 1 heterocycles. The van der Waals surface area contributed by atoms with Gasteiger partial charge in [0.05, 0.1) is 6.42 Å². The van der Waals surface area contributed by atoms with Gasteiger partial charge in [0.25, 0.3) is 5.91 Å². The number of imide groups is 1. The van der Waals surface area contributed by atoms with E-state index in [-0.39, 0.29) is 25.5 Å². The second-order valence-corrected chi connectivity index (χ2v) is 6.21. The topological polar surface area (TPSA) is 63.7 Å². The van der Waals surface area contributed by atoms with Crippen molar-refractivity contribution in [3.05, 3.63) is 70.3 Å². The molecule has 25 heavy (non-hydrogen) atoms. The fourth-order valence-electron chi connectivity index (χ4n) is 2.85. The Balaban J connectivity index is 1.66. The van der Waals surface area contributed by atoms with Crippen LogP contribution in [-0.2, 0) is 27.4 Å². The van der Waals surface area contributed by atoms with E-state index in [1.165, 1.54) is 0 Å². The summed E-state index contributed by atoms with van der Waals surface area (Å²) in [5.41, 5.74) is 4.17. The normalized spacial score (nSPS) is 13.6. The maximum atomic E-state index is 12.4. The number of hydrogen-bond acceptors (Lipinski definition) is 4. The Morgan fingerprint density at radius 3 is 2.68 bits per heavy atom. The lowest BCUT2D eigenvalue weighted by Crippen LogP contribution is -2.45. The first-order valence-corrected chi connectivity index (χ1v) is 8.10. The van der Waals surface area contributed by atoms with Gasteiger partial charge in [-0.25, -0.2) is 0 Å². The monoisotopic (exact) mass is 337 g/mol. The van der Waals surface area contributed by atoms with Gasteiger partial charge in [-0.15, -0.1) is 0 Å². The van der Waals surface area contributed by atoms with E-state index in [9.17, 15) is 14.4 Å². The number of carbonyl (C=O) groups is 3. The summed E-state index contributed by atoms with van der Waals surface area (Å²) in [6.07, 6.45) is 0.117. The SMILES string of the molecule is Cc1ccc(C)c(COC(=O)CN2C(=O)Cc3ccccc3C2=O)c1. The summed E-state index contributed by atoms with van der Waals surface area (Å²) in [5, 5.41) is 0. The van der Waals surface area contributed by atoms with Crippen molar-refractivity contribution < 1.29 is 19.1 Å². The van der Waals surface area contributed by atoms with Crippen molar-refractivity contribution in [3.8, 4) is 0 Å². The summed E-state index contributed by atoms with van der Waals surface area (Å²) < 4.78 is 5.27. The van der Waals surface area contributed by atoms with Gasteiger partial charge in [-0.3, -0.25) is 19.3 Å². The molecule has 2 aromatic carbocycles. The Morgan fingerprint density at radius 1 is 1.12 bits per heavy atom. The van der Waals surface area contributed by atoms with E-state index in [2.05, 4.69) is 0 Å². The van der Waals surface area contributed by atoms with Crippen molar-refractivity contribution >= 4 is 17.8 Å². The van der Waals surface area contributed by atoms with Crippen LogP contribution in [0.25, 0.3) is 0 Å². The Morgan fingerprint density at radius 2 is 1.88 bits per heavy atom. The van der Waals surface area contributed by atoms with Crippen LogP contribution in [0.5, 0.6) is 0 Å². The van der Waals surface area contributed by atoms with Gasteiger partial charge in [0.2, 0.25) is 5.91 Å². The van der Waals surface area contributed by atoms with Crippen LogP contribution in [0.2, 0.25) is 0 Å². The maximum Gasteiger partial charge on any atom is 0.326 e. The third-order valence-electron chi connectivity index (χ3n) is 4.32. The largest absolute Gasteiger partial charge is 0.459 e. The molecule has 0 saturated carbocycles. The highest BCUT2D eigenvalue weighted by molar-refractivity contribution is 6.11. The number of aryl methyl sites for hydroxylation is 2. The van der Waals surface area contributed by atoms with Gasteiger partial charge < -0.3 is 4.74 Å². The van der Waals surface area contributed by atoms with Crippen LogP contribution in [0, 0.1) is 13.8 Å². The lowest BCUT2D eigenvalue weighted by molar-refractivity contribution is -0.149. The standard InChI is InChI=1S/C20H19NO4/c1-13-7-8-14(2)16(9-13)12-25-19(23)11-21-18(22)10-15-5-3-4-6-17(15)20(21)24/h3-9H,10-12H2,1-2H3. The highest BCUT2D eigenvalue weighted by atomic mass is 16.5. The van der Waals surface area contributed by atoms with Crippen molar-refractivity contribution in [2.45, 2.75) is 26.9 Å². The minimum absolute atomic E-state index is 0.117. The molecule has 0 atom stereocenters. The molecule has 0 spiro atoms. The van der Waals surface area contributed by atoms with Crippen molar-refractivity contribution in [3.63, 3.8) is 0 Å². The zero-order valence-electron chi connectivity index (χ0n) is 14.2. The van der Waals surface area contributed by atoms with Gasteiger partial charge in [-0.05, 0) is 36.6 Å². The van der Waals surface area contributed by atoms with E-state index >= 15 is 0 Å². The van der Waals surface area contributed by atoms with Crippen LogP contribution in [-0.4, -0.2) is 29.2 Å². The predicted molar refractivity (Wildman–Crippen MR) is 91.9 cm³/mol. The highest BCUT2D eigenvalue weighted by Crippen LogP contribution is 2.19. The number of fused-ring (bicyclic) bond motifs is 1.